The Labute approximate surface area is 246 Å². The number of nitrogens with zero attached hydrogens (tertiary/aromatic N) is 4. The van der Waals surface area contributed by atoms with Gasteiger partial charge in [-0.05, 0) is 44.9 Å². The number of benzene rings is 2. The summed E-state index contributed by atoms with van der Waals surface area (Å²) in [6.45, 7) is 8.32. The summed E-state index contributed by atoms with van der Waals surface area (Å²) >= 11 is 0. The minimum Gasteiger partial charge on any atom is -0.493 e. The SMILES string of the molecule is C=CCOc1c(C)c2c(c3c1CC1[C@H]4c5c(cc(C)c(OC)c5OCOC)C[C@@H]([C@H](C#N)N1[C@H]3CC#N)N4C)OCO2. The zero-order chi connectivity index (χ0) is 29.7. The molecule has 4 aliphatic heterocycles. The predicted octanol–water partition coefficient (Wildman–Crippen LogP) is 4.27. The van der Waals surface area contributed by atoms with Gasteiger partial charge < -0.3 is 28.4 Å². The van der Waals surface area contributed by atoms with Crippen LogP contribution in [0.4, 0.5) is 0 Å². The topological polar surface area (TPSA) is 109 Å². The molecular formula is C32H36N4O6. The van der Waals surface area contributed by atoms with Crippen molar-refractivity contribution >= 4 is 0 Å². The van der Waals surface area contributed by atoms with E-state index in [1.165, 1.54) is 0 Å². The summed E-state index contributed by atoms with van der Waals surface area (Å²) in [5, 5.41) is 20.8. The van der Waals surface area contributed by atoms with Crippen LogP contribution < -0.4 is 23.7 Å². The molecule has 0 N–H and O–H groups in total. The zero-order valence-electron chi connectivity index (χ0n) is 24.7. The minimum atomic E-state index is -0.460. The predicted molar refractivity (Wildman–Crippen MR) is 153 cm³/mol. The molecule has 0 spiro atoms. The van der Waals surface area contributed by atoms with Crippen molar-refractivity contribution in [1.82, 2.24) is 9.80 Å². The van der Waals surface area contributed by atoms with E-state index in [9.17, 15) is 10.5 Å². The molecule has 42 heavy (non-hydrogen) atoms. The van der Waals surface area contributed by atoms with Crippen LogP contribution in [0.5, 0.6) is 28.7 Å². The van der Waals surface area contributed by atoms with Gasteiger partial charge in [-0.25, -0.2) is 0 Å². The molecule has 0 radical (unpaired) electrons. The van der Waals surface area contributed by atoms with Gasteiger partial charge in [0.25, 0.3) is 0 Å². The molecule has 1 saturated heterocycles. The zero-order valence-corrected chi connectivity index (χ0v) is 24.7. The summed E-state index contributed by atoms with van der Waals surface area (Å²) in [4.78, 5) is 4.56. The fraction of sp³-hybridized carbons (Fsp3) is 0.500. The van der Waals surface area contributed by atoms with Gasteiger partial charge in [0.2, 0.25) is 6.79 Å². The monoisotopic (exact) mass is 572 g/mol. The fourth-order valence-corrected chi connectivity index (χ4v) is 7.69. The minimum absolute atomic E-state index is 0.0728. The van der Waals surface area contributed by atoms with Crippen molar-refractivity contribution in [1.29, 1.82) is 10.5 Å². The maximum Gasteiger partial charge on any atom is 0.231 e. The molecule has 4 heterocycles. The summed E-state index contributed by atoms with van der Waals surface area (Å²) < 4.78 is 35.7. The first-order valence-electron chi connectivity index (χ1n) is 14.2. The van der Waals surface area contributed by atoms with Gasteiger partial charge in [-0.2, -0.15) is 10.5 Å². The van der Waals surface area contributed by atoms with E-state index < -0.39 is 12.1 Å². The smallest absolute Gasteiger partial charge is 0.231 e. The largest absolute Gasteiger partial charge is 0.493 e. The van der Waals surface area contributed by atoms with E-state index in [0.29, 0.717) is 42.4 Å². The lowest BCUT2D eigenvalue weighted by Gasteiger charge is -2.59. The number of aryl methyl sites for hydroxylation is 1. The number of nitriles is 2. The Balaban J connectivity index is 1.61. The Kier molecular flexibility index (Phi) is 7.40. The average Bonchev–Trinajstić information content (AvgIpc) is 3.47. The Hall–Kier alpha value is -3.96. The van der Waals surface area contributed by atoms with Crippen LogP contribution in [0.25, 0.3) is 0 Å². The molecule has 1 fully saturated rings. The lowest BCUT2D eigenvalue weighted by molar-refractivity contribution is -0.0729. The second-order valence-corrected chi connectivity index (χ2v) is 11.2. The molecule has 10 heteroatoms. The molecule has 0 amide bonds. The maximum atomic E-state index is 10.7. The molecule has 4 aliphatic rings. The summed E-state index contributed by atoms with van der Waals surface area (Å²) in [7, 11) is 5.33. The van der Waals surface area contributed by atoms with Crippen molar-refractivity contribution < 1.29 is 28.4 Å². The van der Waals surface area contributed by atoms with Crippen LogP contribution in [0.1, 0.15) is 51.9 Å². The Morgan fingerprint density at radius 2 is 1.83 bits per heavy atom. The lowest BCUT2D eigenvalue weighted by atomic mass is 9.71. The molecule has 10 nitrogen and oxygen atoms in total. The molecule has 220 valence electrons. The van der Waals surface area contributed by atoms with Crippen LogP contribution in [0.3, 0.4) is 0 Å². The fourth-order valence-electron chi connectivity index (χ4n) is 7.69. The van der Waals surface area contributed by atoms with Crippen molar-refractivity contribution in [2.24, 2.45) is 0 Å². The highest BCUT2D eigenvalue weighted by Crippen LogP contribution is 2.59. The molecule has 6 rings (SSSR count). The van der Waals surface area contributed by atoms with Crippen molar-refractivity contribution in [2.75, 3.05) is 41.5 Å². The van der Waals surface area contributed by atoms with E-state index in [1.54, 1.807) is 20.3 Å². The van der Waals surface area contributed by atoms with Crippen LogP contribution in [-0.4, -0.2) is 69.4 Å². The van der Waals surface area contributed by atoms with E-state index in [-0.39, 0.29) is 38.1 Å². The highest BCUT2D eigenvalue weighted by molar-refractivity contribution is 5.66. The van der Waals surface area contributed by atoms with E-state index in [1.807, 2.05) is 13.8 Å². The molecule has 2 aromatic rings. The van der Waals surface area contributed by atoms with Gasteiger partial charge in [0.05, 0.1) is 37.8 Å². The van der Waals surface area contributed by atoms with Crippen molar-refractivity contribution in [3.8, 4) is 40.9 Å². The quantitative estimate of drug-likeness (QED) is 0.336. The van der Waals surface area contributed by atoms with E-state index in [2.05, 4.69) is 41.6 Å². The van der Waals surface area contributed by atoms with Gasteiger partial charge in [0, 0.05) is 41.4 Å². The molecule has 1 unspecified atom stereocenters. The molecule has 2 bridgehead atoms. The molecule has 0 aromatic heterocycles. The van der Waals surface area contributed by atoms with Gasteiger partial charge in [-0.3, -0.25) is 9.80 Å². The highest BCUT2D eigenvalue weighted by atomic mass is 16.7. The van der Waals surface area contributed by atoms with Gasteiger partial charge >= 0.3 is 0 Å². The summed E-state index contributed by atoms with van der Waals surface area (Å²) in [5.41, 5.74) is 5.86. The molecule has 0 saturated carbocycles. The van der Waals surface area contributed by atoms with Crippen LogP contribution in [0, 0.1) is 36.5 Å². The third-order valence-electron chi connectivity index (χ3n) is 9.20. The maximum absolute atomic E-state index is 10.7. The summed E-state index contributed by atoms with van der Waals surface area (Å²) in [6, 6.07) is 5.92. The van der Waals surface area contributed by atoms with Crippen LogP contribution >= 0.6 is 0 Å². The van der Waals surface area contributed by atoms with Crippen molar-refractivity contribution in [3.05, 3.63) is 52.1 Å². The van der Waals surface area contributed by atoms with Gasteiger partial charge in [0.1, 0.15) is 18.4 Å². The van der Waals surface area contributed by atoms with Crippen LogP contribution in [0.15, 0.2) is 18.7 Å². The van der Waals surface area contributed by atoms with E-state index in [0.717, 1.165) is 39.1 Å². The average molecular weight is 573 g/mol. The highest BCUT2D eigenvalue weighted by Gasteiger charge is 2.56. The van der Waals surface area contributed by atoms with Crippen LogP contribution in [0.2, 0.25) is 0 Å². The number of methoxy groups -OCH3 is 2. The van der Waals surface area contributed by atoms with Crippen molar-refractivity contribution in [2.45, 2.75) is 63.3 Å². The number of fused-ring (bicyclic) bond motifs is 9. The van der Waals surface area contributed by atoms with Gasteiger partial charge in [-0.15, -0.1) is 0 Å². The van der Waals surface area contributed by atoms with Crippen molar-refractivity contribution in [3.63, 3.8) is 0 Å². The number of piperazine rings is 1. The Bertz CT molecular complexity index is 1510. The number of hydrogen-bond donors (Lipinski definition) is 0. The second kappa shape index (κ2) is 11.0. The number of likely N-dealkylation sites (N-methyl/N-ethyl adjacent to an activating group) is 1. The number of ether oxygens (including phenoxy) is 6. The Morgan fingerprint density at radius 3 is 2.52 bits per heavy atom. The third-order valence-corrected chi connectivity index (χ3v) is 9.20. The number of hydrogen-bond acceptors (Lipinski definition) is 10. The Morgan fingerprint density at radius 1 is 1.05 bits per heavy atom. The molecular weight excluding hydrogens is 536 g/mol. The standard InChI is InChI=1S/C32H36N4O6/c1-7-10-39-29-18(3)30-32(42-16-41-30)26-20(29)13-23-27-25-19(11-17(2)28(38-6)31(25)40-15-37-5)12-22(35(27)4)24(14-34)36(23)21(26)8-9-33/h7,11,21-24,27H,1,8,10,12-13,15-16H2,2-6H3/t21-,22-,23?,24-,27-/m0/s1. The van der Waals surface area contributed by atoms with E-state index >= 15 is 0 Å². The molecule has 5 atom stereocenters. The first-order chi connectivity index (χ1) is 20.4. The summed E-state index contributed by atoms with van der Waals surface area (Å²) in [6.07, 6.45) is 3.12. The molecule has 2 aromatic carbocycles. The normalized spacial score (nSPS) is 25.4. The first-order valence-corrected chi connectivity index (χ1v) is 14.2. The summed E-state index contributed by atoms with van der Waals surface area (Å²) in [5.74, 6) is 3.34. The lowest BCUT2D eigenvalue weighted by Crippen LogP contribution is -2.68. The van der Waals surface area contributed by atoms with Gasteiger partial charge in [0.15, 0.2) is 29.8 Å². The first kappa shape index (κ1) is 28.2. The third kappa shape index (κ3) is 4.01. The molecule has 0 aliphatic carbocycles. The van der Waals surface area contributed by atoms with E-state index in [4.69, 9.17) is 28.4 Å². The van der Waals surface area contributed by atoms with Crippen LogP contribution in [-0.2, 0) is 17.6 Å². The second-order valence-electron chi connectivity index (χ2n) is 11.2. The van der Waals surface area contributed by atoms with Gasteiger partial charge in [-0.1, -0.05) is 18.7 Å². The number of rotatable bonds is 8.